The molecule has 0 aliphatic carbocycles. The molecule has 0 saturated carbocycles. The van der Waals surface area contributed by atoms with Gasteiger partial charge in [-0.05, 0) is 12.1 Å². The lowest BCUT2D eigenvalue weighted by molar-refractivity contribution is -0.384. The number of aliphatic carboxylic acids is 1. The number of nitro benzene ring substituents is 1. The lowest BCUT2D eigenvalue weighted by Crippen LogP contribution is -2.42. The highest BCUT2D eigenvalue weighted by molar-refractivity contribution is 5.71. The average molecular weight is 294 g/mol. The second kappa shape index (κ2) is 6.64. The molecule has 1 aliphatic heterocycles. The summed E-state index contributed by atoms with van der Waals surface area (Å²) in [5.74, 6) is -1.37. The third kappa shape index (κ3) is 3.56. The predicted octanol–water partition coefficient (Wildman–Crippen LogP) is 1.52. The van der Waals surface area contributed by atoms with E-state index in [0.29, 0.717) is 19.7 Å². The number of carboxylic acids is 1. The summed E-state index contributed by atoms with van der Waals surface area (Å²) in [5.41, 5.74) is 0.966. The zero-order valence-corrected chi connectivity index (χ0v) is 11.8. The van der Waals surface area contributed by atoms with Crippen LogP contribution in [0.3, 0.4) is 0 Å². The summed E-state index contributed by atoms with van der Waals surface area (Å²) in [6, 6.07) is 6.16. The maximum absolute atomic E-state index is 11.2. The van der Waals surface area contributed by atoms with Crippen LogP contribution in [-0.2, 0) is 16.1 Å². The van der Waals surface area contributed by atoms with Crippen molar-refractivity contribution in [2.24, 2.45) is 5.92 Å². The minimum atomic E-state index is -0.848. The van der Waals surface area contributed by atoms with Crippen LogP contribution in [0.25, 0.3) is 0 Å². The van der Waals surface area contributed by atoms with E-state index >= 15 is 0 Å². The van der Waals surface area contributed by atoms with Gasteiger partial charge < -0.3 is 9.84 Å². The van der Waals surface area contributed by atoms with Gasteiger partial charge in [0.25, 0.3) is 5.69 Å². The summed E-state index contributed by atoms with van der Waals surface area (Å²) in [7, 11) is 0. The van der Waals surface area contributed by atoms with E-state index in [0.717, 1.165) is 5.56 Å². The first-order valence-corrected chi connectivity index (χ1v) is 6.81. The van der Waals surface area contributed by atoms with Crippen molar-refractivity contribution in [1.29, 1.82) is 0 Å². The monoisotopic (exact) mass is 294 g/mol. The van der Waals surface area contributed by atoms with E-state index in [9.17, 15) is 20.0 Å². The molecule has 2 atom stereocenters. The van der Waals surface area contributed by atoms with Crippen LogP contribution in [0.5, 0.6) is 0 Å². The first-order chi connectivity index (χ1) is 10.0. The average Bonchev–Trinajstić information content (AvgIpc) is 2.94. The normalized spacial score (nSPS) is 21.6. The summed E-state index contributed by atoms with van der Waals surface area (Å²) in [4.78, 5) is 23.5. The van der Waals surface area contributed by atoms with E-state index in [4.69, 9.17) is 4.74 Å². The minimum absolute atomic E-state index is 0.0504. The lowest BCUT2D eigenvalue weighted by Gasteiger charge is -2.29. The lowest BCUT2D eigenvalue weighted by atomic mass is 10.0. The molecule has 0 bridgehead atoms. The number of ether oxygens (including phenoxy) is 1. The molecule has 7 heteroatoms. The number of rotatable bonds is 6. The molecule has 0 spiro atoms. The van der Waals surface area contributed by atoms with Crippen molar-refractivity contribution in [2.75, 3.05) is 19.8 Å². The summed E-state index contributed by atoms with van der Waals surface area (Å²) < 4.78 is 5.29. The van der Waals surface area contributed by atoms with Gasteiger partial charge in [0, 0.05) is 24.7 Å². The van der Waals surface area contributed by atoms with E-state index in [-0.39, 0.29) is 18.3 Å². The van der Waals surface area contributed by atoms with Gasteiger partial charge in [0.15, 0.2) is 0 Å². The fraction of sp³-hybridized carbons (Fsp3) is 0.500. The smallest absolute Gasteiger partial charge is 0.310 e. The molecule has 114 valence electrons. The molecule has 0 aromatic heterocycles. The third-order valence-electron chi connectivity index (χ3n) is 3.78. The second-order valence-electron chi connectivity index (χ2n) is 5.04. The van der Waals surface area contributed by atoms with E-state index < -0.39 is 16.8 Å². The number of benzene rings is 1. The SMILES string of the molecule is CCN(Cc1ccc([N+](=O)[O-])cc1)C1COCC1C(=O)O. The molecule has 1 aliphatic rings. The Bertz CT molecular complexity index is 517. The van der Waals surface area contributed by atoms with Crippen LogP contribution in [-0.4, -0.2) is 46.7 Å². The van der Waals surface area contributed by atoms with Crippen LogP contribution < -0.4 is 0 Å². The fourth-order valence-electron chi connectivity index (χ4n) is 2.56. The first-order valence-electron chi connectivity index (χ1n) is 6.81. The van der Waals surface area contributed by atoms with Gasteiger partial charge in [-0.3, -0.25) is 19.8 Å². The number of nitro groups is 1. The van der Waals surface area contributed by atoms with Crippen molar-refractivity contribution in [3.63, 3.8) is 0 Å². The molecule has 2 unspecified atom stereocenters. The van der Waals surface area contributed by atoms with Gasteiger partial charge >= 0.3 is 5.97 Å². The third-order valence-corrected chi connectivity index (χ3v) is 3.78. The van der Waals surface area contributed by atoms with Crippen LogP contribution in [0, 0.1) is 16.0 Å². The number of hydrogen-bond acceptors (Lipinski definition) is 5. The summed E-state index contributed by atoms with van der Waals surface area (Å²) in [5, 5.41) is 19.8. The van der Waals surface area contributed by atoms with Crippen LogP contribution in [0.1, 0.15) is 12.5 Å². The summed E-state index contributed by atoms with van der Waals surface area (Å²) in [6.07, 6.45) is 0. The van der Waals surface area contributed by atoms with Crippen molar-refractivity contribution in [1.82, 2.24) is 4.90 Å². The number of carboxylic acid groups (broad SMARTS) is 1. The van der Waals surface area contributed by atoms with Crippen molar-refractivity contribution >= 4 is 11.7 Å². The molecule has 1 fully saturated rings. The highest BCUT2D eigenvalue weighted by Gasteiger charge is 2.37. The van der Waals surface area contributed by atoms with Crippen LogP contribution in [0.15, 0.2) is 24.3 Å². The number of nitrogens with zero attached hydrogens (tertiary/aromatic N) is 2. The predicted molar refractivity (Wildman–Crippen MR) is 74.9 cm³/mol. The van der Waals surface area contributed by atoms with Crippen LogP contribution in [0.2, 0.25) is 0 Å². The zero-order chi connectivity index (χ0) is 15.4. The van der Waals surface area contributed by atoms with Gasteiger partial charge in [-0.2, -0.15) is 0 Å². The van der Waals surface area contributed by atoms with Gasteiger partial charge in [0.05, 0.1) is 24.1 Å². The maximum atomic E-state index is 11.2. The van der Waals surface area contributed by atoms with Gasteiger partial charge in [-0.15, -0.1) is 0 Å². The van der Waals surface area contributed by atoms with E-state index in [1.807, 2.05) is 11.8 Å². The summed E-state index contributed by atoms with van der Waals surface area (Å²) in [6.45, 7) is 3.83. The number of carbonyl (C=O) groups is 1. The molecule has 2 rings (SSSR count). The maximum Gasteiger partial charge on any atom is 0.310 e. The van der Waals surface area contributed by atoms with E-state index in [2.05, 4.69) is 0 Å². The molecular formula is C14H18N2O5. The van der Waals surface area contributed by atoms with Crippen molar-refractivity contribution in [2.45, 2.75) is 19.5 Å². The Labute approximate surface area is 122 Å². The Balaban J connectivity index is 2.08. The minimum Gasteiger partial charge on any atom is -0.481 e. The Morgan fingerprint density at radius 2 is 2.10 bits per heavy atom. The van der Waals surface area contributed by atoms with Gasteiger partial charge in [0.1, 0.15) is 0 Å². The molecule has 21 heavy (non-hydrogen) atoms. The molecule has 7 nitrogen and oxygen atoms in total. The van der Waals surface area contributed by atoms with Gasteiger partial charge in [0.2, 0.25) is 0 Å². The standard InChI is InChI=1S/C14H18N2O5/c1-2-15(13-9-21-8-12(13)14(17)18)7-10-3-5-11(6-4-10)16(19)20/h3-6,12-13H,2,7-9H2,1H3,(H,17,18). The topological polar surface area (TPSA) is 92.9 Å². The van der Waals surface area contributed by atoms with Crippen molar-refractivity contribution in [3.05, 3.63) is 39.9 Å². The molecule has 0 radical (unpaired) electrons. The second-order valence-corrected chi connectivity index (χ2v) is 5.04. The number of hydrogen-bond donors (Lipinski definition) is 1. The van der Waals surface area contributed by atoms with E-state index in [1.54, 1.807) is 12.1 Å². The Kier molecular flexibility index (Phi) is 4.87. The molecule has 0 amide bonds. The molecule has 1 saturated heterocycles. The highest BCUT2D eigenvalue weighted by atomic mass is 16.6. The molecule has 1 heterocycles. The van der Waals surface area contributed by atoms with Crippen molar-refractivity contribution < 1.29 is 19.6 Å². The molecule has 1 aromatic carbocycles. The van der Waals surface area contributed by atoms with Crippen LogP contribution >= 0.6 is 0 Å². The zero-order valence-electron chi connectivity index (χ0n) is 11.8. The first kappa shape index (κ1) is 15.4. The molecule has 1 aromatic rings. The fourth-order valence-corrected chi connectivity index (χ4v) is 2.56. The number of non-ortho nitro benzene ring substituents is 1. The number of likely N-dealkylation sites (N-methyl/N-ethyl adjacent to an activating group) is 1. The Morgan fingerprint density at radius 1 is 1.43 bits per heavy atom. The quantitative estimate of drug-likeness (QED) is 0.631. The van der Waals surface area contributed by atoms with Gasteiger partial charge in [-0.25, -0.2) is 0 Å². The Morgan fingerprint density at radius 3 is 2.62 bits per heavy atom. The van der Waals surface area contributed by atoms with Gasteiger partial charge in [-0.1, -0.05) is 19.1 Å². The highest BCUT2D eigenvalue weighted by Crippen LogP contribution is 2.22. The van der Waals surface area contributed by atoms with E-state index in [1.165, 1.54) is 12.1 Å². The van der Waals surface area contributed by atoms with Crippen LogP contribution in [0.4, 0.5) is 5.69 Å². The molecular weight excluding hydrogens is 276 g/mol. The van der Waals surface area contributed by atoms with Crippen molar-refractivity contribution in [3.8, 4) is 0 Å². The molecule has 1 N–H and O–H groups in total. The Hall–Kier alpha value is -1.99. The summed E-state index contributed by atoms with van der Waals surface area (Å²) >= 11 is 0. The largest absolute Gasteiger partial charge is 0.481 e.